The standard InChI is InChI=1S/C19H26N2O2/c1-14-13-20-10-11-21(14)19(23)9-8-18(22)17-7-6-15-4-2-3-5-16(15)12-17/h6-7,12,14,20H,2-5,8-11,13H2,1H3. The molecule has 3 rings (SSSR count). The third-order valence-corrected chi connectivity index (χ3v) is 5.06. The van der Waals surface area contributed by atoms with Crippen LogP contribution in [0.25, 0.3) is 0 Å². The fourth-order valence-corrected chi connectivity index (χ4v) is 3.63. The lowest BCUT2D eigenvalue weighted by Crippen LogP contribution is -2.52. The van der Waals surface area contributed by atoms with Crippen LogP contribution in [0.5, 0.6) is 0 Å². The Morgan fingerprint density at radius 1 is 1.17 bits per heavy atom. The number of amides is 1. The minimum absolute atomic E-state index is 0.0921. The van der Waals surface area contributed by atoms with Gasteiger partial charge in [0.05, 0.1) is 0 Å². The Hall–Kier alpha value is -1.68. The van der Waals surface area contributed by atoms with E-state index in [0.29, 0.717) is 12.8 Å². The molecule has 1 atom stereocenters. The van der Waals surface area contributed by atoms with E-state index < -0.39 is 0 Å². The van der Waals surface area contributed by atoms with Gasteiger partial charge in [-0.05, 0) is 49.8 Å². The smallest absolute Gasteiger partial charge is 0.223 e. The third-order valence-electron chi connectivity index (χ3n) is 5.06. The minimum atomic E-state index is 0.0921. The summed E-state index contributed by atoms with van der Waals surface area (Å²) in [5.74, 6) is 0.194. The summed E-state index contributed by atoms with van der Waals surface area (Å²) < 4.78 is 0. The van der Waals surface area contributed by atoms with Gasteiger partial charge in [-0.1, -0.05) is 12.1 Å². The van der Waals surface area contributed by atoms with Gasteiger partial charge < -0.3 is 10.2 Å². The van der Waals surface area contributed by atoms with E-state index in [1.54, 1.807) is 0 Å². The molecule has 2 aliphatic rings. The van der Waals surface area contributed by atoms with E-state index in [9.17, 15) is 9.59 Å². The Balaban J connectivity index is 1.57. The lowest BCUT2D eigenvalue weighted by molar-refractivity contribution is -0.133. The van der Waals surface area contributed by atoms with Gasteiger partial charge in [0.1, 0.15) is 0 Å². The summed E-state index contributed by atoms with van der Waals surface area (Å²) in [7, 11) is 0. The van der Waals surface area contributed by atoms with Crippen LogP contribution in [0.3, 0.4) is 0 Å². The van der Waals surface area contributed by atoms with Gasteiger partial charge in [-0.2, -0.15) is 0 Å². The second kappa shape index (κ2) is 7.26. The Morgan fingerprint density at radius 2 is 1.96 bits per heavy atom. The molecule has 4 nitrogen and oxygen atoms in total. The first-order valence-electron chi connectivity index (χ1n) is 8.80. The number of hydrogen-bond acceptors (Lipinski definition) is 3. The number of aryl methyl sites for hydroxylation is 2. The molecule has 23 heavy (non-hydrogen) atoms. The molecule has 0 saturated carbocycles. The van der Waals surface area contributed by atoms with Crippen molar-refractivity contribution in [1.29, 1.82) is 0 Å². The maximum absolute atomic E-state index is 12.4. The number of fused-ring (bicyclic) bond motifs is 1. The third kappa shape index (κ3) is 3.81. The Bertz CT molecular complexity index is 597. The highest BCUT2D eigenvalue weighted by Gasteiger charge is 2.23. The molecule has 1 aromatic carbocycles. The first-order valence-corrected chi connectivity index (χ1v) is 8.80. The molecule has 1 fully saturated rings. The van der Waals surface area contributed by atoms with E-state index in [1.807, 2.05) is 11.0 Å². The molecular weight excluding hydrogens is 288 g/mol. The number of nitrogens with one attached hydrogen (secondary N) is 1. The molecular formula is C19H26N2O2. The molecule has 1 unspecified atom stereocenters. The topological polar surface area (TPSA) is 49.4 Å². The number of ketones is 1. The van der Waals surface area contributed by atoms with Gasteiger partial charge in [0.15, 0.2) is 5.78 Å². The van der Waals surface area contributed by atoms with Gasteiger partial charge in [0.2, 0.25) is 5.91 Å². The van der Waals surface area contributed by atoms with Gasteiger partial charge >= 0.3 is 0 Å². The van der Waals surface area contributed by atoms with Crippen molar-refractivity contribution in [3.05, 3.63) is 34.9 Å². The number of Topliss-reactive ketones (excluding diaryl/α,β-unsaturated/α-hetero) is 1. The van der Waals surface area contributed by atoms with Gasteiger partial charge in [0, 0.05) is 44.1 Å². The number of benzene rings is 1. The maximum atomic E-state index is 12.4. The molecule has 1 heterocycles. The number of carbonyl (C=O) groups excluding carboxylic acids is 2. The fourth-order valence-electron chi connectivity index (χ4n) is 3.63. The van der Waals surface area contributed by atoms with Crippen molar-refractivity contribution < 1.29 is 9.59 Å². The molecule has 4 heteroatoms. The van der Waals surface area contributed by atoms with Crippen molar-refractivity contribution in [3.8, 4) is 0 Å². The number of nitrogens with zero attached hydrogens (tertiary/aromatic N) is 1. The van der Waals surface area contributed by atoms with Crippen LogP contribution in [0.4, 0.5) is 0 Å². The summed E-state index contributed by atoms with van der Waals surface area (Å²) in [4.78, 5) is 26.6. The van der Waals surface area contributed by atoms with Crippen molar-refractivity contribution in [2.75, 3.05) is 19.6 Å². The molecule has 0 aromatic heterocycles. The van der Waals surface area contributed by atoms with Gasteiger partial charge in [-0.3, -0.25) is 9.59 Å². The highest BCUT2D eigenvalue weighted by Crippen LogP contribution is 2.23. The summed E-state index contributed by atoms with van der Waals surface area (Å²) in [6.07, 6.45) is 5.30. The largest absolute Gasteiger partial charge is 0.337 e. The Kier molecular flexibility index (Phi) is 5.11. The minimum Gasteiger partial charge on any atom is -0.337 e. The molecule has 0 bridgehead atoms. The fraction of sp³-hybridized carbons (Fsp3) is 0.579. The summed E-state index contributed by atoms with van der Waals surface area (Å²) in [6.45, 7) is 4.47. The van der Waals surface area contributed by atoms with Crippen LogP contribution < -0.4 is 5.32 Å². The summed E-state index contributed by atoms with van der Waals surface area (Å²) in [6, 6.07) is 6.30. The van der Waals surface area contributed by atoms with Crippen LogP contribution in [0.2, 0.25) is 0 Å². The Morgan fingerprint density at radius 3 is 2.74 bits per heavy atom. The maximum Gasteiger partial charge on any atom is 0.223 e. The van der Waals surface area contributed by atoms with Crippen molar-refractivity contribution in [3.63, 3.8) is 0 Å². The summed E-state index contributed by atoms with van der Waals surface area (Å²) in [5, 5.41) is 3.28. The molecule has 0 radical (unpaired) electrons. The summed E-state index contributed by atoms with van der Waals surface area (Å²) in [5.41, 5.74) is 3.48. The monoisotopic (exact) mass is 314 g/mol. The number of piperazine rings is 1. The van der Waals surface area contributed by atoms with Crippen LogP contribution in [-0.4, -0.2) is 42.3 Å². The van der Waals surface area contributed by atoms with Crippen molar-refractivity contribution in [2.45, 2.75) is 51.5 Å². The average Bonchev–Trinajstić information content (AvgIpc) is 2.59. The molecule has 1 aromatic rings. The van der Waals surface area contributed by atoms with Crippen LogP contribution >= 0.6 is 0 Å². The Labute approximate surface area is 138 Å². The summed E-state index contributed by atoms with van der Waals surface area (Å²) >= 11 is 0. The zero-order chi connectivity index (χ0) is 16.2. The average molecular weight is 314 g/mol. The van der Waals surface area contributed by atoms with E-state index in [4.69, 9.17) is 0 Å². The highest BCUT2D eigenvalue weighted by molar-refractivity contribution is 5.98. The predicted molar refractivity (Wildman–Crippen MR) is 90.7 cm³/mol. The first-order chi connectivity index (χ1) is 11.1. The van der Waals surface area contributed by atoms with Crippen LogP contribution in [0, 0.1) is 0 Å². The van der Waals surface area contributed by atoms with E-state index in [2.05, 4.69) is 24.4 Å². The highest BCUT2D eigenvalue weighted by atomic mass is 16.2. The van der Waals surface area contributed by atoms with E-state index >= 15 is 0 Å². The van der Waals surface area contributed by atoms with Crippen LogP contribution in [-0.2, 0) is 17.6 Å². The van der Waals surface area contributed by atoms with E-state index in [0.717, 1.165) is 38.0 Å². The molecule has 1 saturated heterocycles. The quantitative estimate of drug-likeness (QED) is 0.868. The number of carbonyl (C=O) groups is 2. The molecule has 124 valence electrons. The zero-order valence-corrected chi connectivity index (χ0v) is 13.9. The van der Waals surface area contributed by atoms with Gasteiger partial charge in [-0.25, -0.2) is 0 Å². The van der Waals surface area contributed by atoms with Crippen LogP contribution in [0.15, 0.2) is 18.2 Å². The first kappa shape index (κ1) is 16.2. The lowest BCUT2D eigenvalue weighted by Gasteiger charge is -2.34. The van der Waals surface area contributed by atoms with Crippen molar-refractivity contribution in [2.24, 2.45) is 0 Å². The van der Waals surface area contributed by atoms with Gasteiger partial charge in [0.25, 0.3) is 0 Å². The molecule has 1 aliphatic heterocycles. The normalized spacial score (nSPS) is 20.9. The number of rotatable bonds is 4. The van der Waals surface area contributed by atoms with E-state index in [-0.39, 0.29) is 17.7 Å². The second-order valence-corrected chi connectivity index (χ2v) is 6.75. The van der Waals surface area contributed by atoms with Crippen LogP contribution in [0.1, 0.15) is 54.1 Å². The molecule has 1 amide bonds. The van der Waals surface area contributed by atoms with E-state index in [1.165, 1.54) is 24.0 Å². The second-order valence-electron chi connectivity index (χ2n) is 6.75. The zero-order valence-electron chi connectivity index (χ0n) is 13.9. The number of hydrogen-bond donors (Lipinski definition) is 1. The molecule has 1 N–H and O–H groups in total. The predicted octanol–water partition coefficient (Wildman–Crippen LogP) is 2.35. The lowest BCUT2D eigenvalue weighted by atomic mass is 9.89. The van der Waals surface area contributed by atoms with Crippen molar-refractivity contribution >= 4 is 11.7 Å². The van der Waals surface area contributed by atoms with Gasteiger partial charge in [-0.15, -0.1) is 0 Å². The molecule has 0 spiro atoms. The van der Waals surface area contributed by atoms with Crippen molar-refractivity contribution in [1.82, 2.24) is 10.2 Å². The molecule has 1 aliphatic carbocycles. The SMILES string of the molecule is CC1CNCCN1C(=O)CCC(=O)c1ccc2c(c1)CCCC2.